The summed E-state index contributed by atoms with van der Waals surface area (Å²) in [7, 11) is 0. The topological polar surface area (TPSA) is 83.9 Å². The molecule has 154 valence electrons. The summed E-state index contributed by atoms with van der Waals surface area (Å²) in [5, 5.41) is 14.5. The average molecular weight is 415 g/mol. The van der Waals surface area contributed by atoms with E-state index in [4.69, 9.17) is 11.6 Å². The molecule has 2 aromatic heterocycles. The number of nitrogens with one attached hydrogen (secondary N) is 3. The maximum absolute atomic E-state index is 12.4. The number of urea groups is 1. The van der Waals surface area contributed by atoms with Gasteiger partial charge in [0, 0.05) is 42.1 Å². The quantitative estimate of drug-likeness (QED) is 0.716. The van der Waals surface area contributed by atoms with Crippen molar-refractivity contribution in [2.45, 2.75) is 45.7 Å². The van der Waals surface area contributed by atoms with Crippen LogP contribution in [0, 0.1) is 17.3 Å². The SMILES string of the molecule is CC1(C)Cc2c(-c3cc(NC(=O)NCC4C5CCC4NC5)ncc3Cl)cnn2C1. The molecule has 2 aromatic rings. The van der Waals surface area contributed by atoms with Crippen LogP contribution < -0.4 is 16.0 Å². The predicted octanol–water partition coefficient (Wildman–Crippen LogP) is 3.30. The van der Waals surface area contributed by atoms with Gasteiger partial charge >= 0.3 is 6.03 Å². The number of hydrogen-bond acceptors (Lipinski definition) is 4. The Bertz CT molecular complexity index is 935. The van der Waals surface area contributed by atoms with E-state index in [9.17, 15) is 4.79 Å². The fraction of sp³-hybridized carbons (Fsp3) is 0.571. The first-order valence-corrected chi connectivity index (χ1v) is 10.8. The van der Waals surface area contributed by atoms with Crippen molar-refractivity contribution in [1.29, 1.82) is 0 Å². The van der Waals surface area contributed by atoms with E-state index in [1.54, 1.807) is 6.20 Å². The van der Waals surface area contributed by atoms with Crippen LogP contribution in [0.1, 0.15) is 32.4 Å². The number of hydrogen-bond donors (Lipinski definition) is 3. The van der Waals surface area contributed by atoms with E-state index in [1.165, 1.54) is 18.5 Å². The molecule has 1 aliphatic carbocycles. The summed E-state index contributed by atoms with van der Waals surface area (Å²) in [5.74, 6) is 1.72. The second kappa shape index (κ2) is 6.99. The summed E-state index contributed by atoms with van der Waals surface area (Å²) >= 11 is 6.45. The van der Waals surface area contributed by atoms with Crippen LogP contribution in [-0.4, -0.2) is 39.9 Å². The first-order chi connectivity index (χ1) is 13.9. The van der Waals surface area contributed by atoms with Crippen LogP contribution in [0.2, 0.25) is 5.02 Å². The van der Waals surface area contributed by atoms with E-state index >= 15 is 0 Å². The zero-order valence-electron chi connectivity index (χ0n) is 16.8. The molecule has 3 unspecified atom stereocenters. The van der Waals surface area contributed by atoms with Crippen LogP contribution in [0.15, 0.2) is 18.5 Å². The first-order valence-electron chi connectivity index (χ1n) is 10.4. The van der Waals surface area contributed by atoms with Gasteiger partial charge in [0.15, 0.2) is 0 Å². The number of nitrogens with zero attached hydrogens (tertiary/aromatic N) is 3. The Labute approximate surface area is 175 Å². The van der Waals surface area contributed by atoms with E-state index in [-0.39, 0.29) is 11.4 Å². The highest BCUT2D eigenvalue weighted by Gasteiger charge is 2.41. The third kappa shape index (κ3) is 3.51. The number of anilines is 1. The van der Waals surface area contributed by atoms with Crippen LogP contribution in [0.4, 0.5) is 10.6 Å². The molecule has 2 aliphatic heterocycles. The lowest BCUT2D eigenvalue weighted by atomic mass is 9.89. The number of carbonyl (C=O) groups is 1. The molecule has 1 saturated carbocycles. The van der Waals surface area contributed by atoms with Crippen LogP contribution in [-0.2, 0) is 13.0 Å². The Morgan fingerprint density at radius 3 is 2.93 bits per heavy atom. The molecule has 5 rings (SSSR count). The van der Waals surface area contributed by atoms with E-state index < -0.39 is 0 Å². The predicted molar refractivity (Wildman–Crippen MR) is 113 cm³/mol. The van der Waals surface area contributed by atoms with Crippen molar-refractivity contribution >= 4 is 23.4 Å². The number of rotatable bonds is 4. The maximum Gasteiger partial charge on any atom is 0.320 e. The van der Waals surface area contributed by atoms with Gasteiger partial charge in [-0.1, -0.05) is 25.4 Å². The van der Waals surface area contributed by atoms with Crippen molar-refractivity contribution in [1.82, 2.24) is 25.4 Å². The molecule has 8 heteroatoms. The summed E-state index contributed by atoms with van der Waals surface area (Å²) in [5.41, 5.74) is 3.24. The summed E-state index contributed by atoms with van der Waals surface area (Å²) in [6, 6.07) is 2.17. The van der Waals surface area contributed by atoms with Gasteiger partial charge in [-0.15, -0.1) is 0 Å². The van der Waals surface area contributed by atoms with Crippen molar-refractivity contribution < 1.29 is 4.79 Å². The number of pyridine rings is 1. The molecule has 0 spiro atoms. The summed E-state index contributed by atoms with van der Waals surface area (Å²) in [4.78, 5) is 16.7. The number of aromatic nitrogens is 3. The van der Waals surface area contributed by atoms with Gasteiger partial charge in [-0.2, -0.15) is 5.10 Å². The molecule has 4 heterocycles. The van der Waals surface area contributed by atoms with E-state index in [0.29, 0.717) is 35.3 Å². The minimum Gasteiger partial charge on any atom is -0.337 e. The zero-order chi connectivity index (χ0) is 20.2. The molecular weight excluding hydrogens is 388 g/mol. The fourth-order valence-electron chi connectivity index (χ4n) is 5.23. The van der Waals surface area contributed by atoms with Gasteiger partial charge in [-0.3, -0.25) is 10.00 Å². The molecule has 7 nitrogen and oxygen atoms in total. The molecule has 3 N–H and O–H groups in total. The first kappa shape index (κ1) is 18.9. The molecule has 2 amide bonds. The van der Waals surface area contributed by atoms with Crippen molar-refractivity contribution in [2.24, 2.45) is 17.3 Å². The Hall–Kier alpha value is -2.12. The largest absolute Gasteiger partial charge is 0.337 e. The van der Waals surface area contributed by atoms with Crippen LogP contribution >= 0.6 is 11.6 Å². The summed E-state index contributed by atoms with van der Waals surface area (Å²) < 4.78 is 2.05. The van der Waals surface area contributed by atoms with E-state index in [1.807, 2.05) is 12.3 Å². The Balaban J connectivity index is 1.28. The molecule has 29 heavy (non-hydrogen) atoms. The van der Waals surface area contributed by atoms with Gasteiger partial charge in [-0.05, 0) is 49.1 Å². The lowest BCUT2D eigenvalue weighted by Gasteiger charge is -2.16. The Kier molecular flexibility index (Phi) is 4.55. The number of piperidine rings is 1. The zero-order valence-corrected chi connectivity index (χ0v) is 17.6. The minimum atomic E-state index is -0.224. The highest BCUT2D eigenvalue weighted by molar-refractivity contribution is 6.33. The molecular formula is C21H27ClN6O. The standard InChI is InChI=1S/C21H27ClN6O/c1-21(2)6-18-15(9-26-28(18)11-21)13-5-19(24-10-16(13)22)27-20(29)25-8-14-12-3-4-17(14)23-7-12/h5,9-10,12,14,17,23H,3-4,6-8,11H2,1-2H3,(H2,24,25,27,29). The average Bonchev–Trinajstić information content (AvgIpc) is 3.41. The minimum absolute atomic E-state index is 0.188. The monoisotopic (exact) mass is 414 g/mol. The van der Waals surface area contributed by atoms with E-state index in [0.717, 1.165) is 30.6 Å². The van der Waals surface area contributed by atoms with Crippen molar-refractivity contribution in [3.05, 3.63) is 29.2 Å². The van der Waals surface area contributed by atoms with E-state index in [2.05, 4.69) is 44.6 Å². The second-order valence-electron chi connectivity index (χ2n) is 9.40. The molecule has 2 bridgehead atoms. The molecule has 2 fully saturated rings. The smallest absolute Gasteiger partial charge is 0.320 e. The van der Waals surface area contributed by atoms with Crippen LogP contribution in [0.3, 0.4) is 0 Å². The number of carbonyl (C=O) groups excluding carboxylic acids is 1. The lowest BCUT2D eigenvalue weighted by molar-refractivity contribution is 0.249. The third-order valence-corrected chi connectivity index (χ3v) is 6.97. The number of fused-ring (bicyclic) bond motifs is 3. The van der Waals surface area contributed by atoms with Gasteiger partial charge in [-0.25, -0.2) is 9.78 Å². The molecule has 1 saturated heterocycles. The summed E-state index contributed by atoms with van der Waals surface area (Å²) in [6.45, 7) is 7.15. The Morgan fingerprint density at radius 2 is 2.21 bits per heavy atom. The fourth-order valence-corrected chi connectivity index (χ4v) is 5.43. The van der Waals surface area contributed by atoms with Gasteiger partial charge in [0.25, 0.3) is 0 Å². The normalized spacial score (nSPS) is 26.5. The van der Waals surface area contributed by atoms with Crippen molar-refractivity contribution in [3.8, 4) is 11.1 Å². The molecule has 3 atom stereocenters. The summed E-state index contributed by atoms with van der Waals surface area (Å²) in [6.07, 6.45) is 6.88. The Morgan fingerprint density at radius 1 is 1.34 bits per heavy atom. The second-order valence-corrected chi connectivity index (χ2v) is 9.81. The highest BCUT2D eigenvalue weighted by Crippen LogP contribution is 2.39. The molecule has 3 aliphatic rings. The van der Waals surface area contributed by atoms with Crippen LogP contribution in [0.5, 0.6) is 0 Å². The number of halogens is 1. The molecule has 0 radical (unpaired) electrons. The number of amides is 2. The van der Waals surface area contributed by atoms with Crippen LogP contribution in [0.25, 0.3) is 11.1 Å². The maximum atomic E-state index is 12.4. The van der Waals surface area contributed by atoms with Crippen molar-refractivity contribution in [3.63, 3.8) is 0 Å². The van der Waals surface area contributed by atoms with Gasteiger partial charge in [0.2, 0.25) is 0 Å². The lowest BCUT2D eigenvalue weighted by Crippen LogP contribution is -2.37. The highest BCUT2D eigenvalue weighted by atomic mass is 35.5. The van der Waals surface area contributed by atoms with Gasteiger partial charge < -0.3 is 10.6 Å². The van der Waals surface area contributed by atoms with Gasteiger partial charge in [0.05, 0.1) is 11.2 Å². The third-order valence-electron chi connectivity index (χ3n) is 6.67. The molecule has 0 aromatic carbocycles. The van der Waals surface area contributed by atoms with Gasteiger partial charge in [0.1, 0.15) is 5.82 Å². The van der Waals surface area contributed by atoms with Crippen molar-refractivity contribution in [2.75, 3.05) is 18.4 Å².